The van der Waals surface area contributed by atoms with Crippen LogP contribution < -0.4 is 10.6 Å². The van der Waals surface area contributed by atoms with Crippen molar-refractivity contribution in [3.05, 3.63) is 40.9 Å². The molecule has 0 spiro atoms. The summed E-state index contributed by atoms with van der Waals surface area (Å²) in [6.07, 6.45) is 1.30. The van der Waals surface area contributed by atoms with Crippen molar-refractivity contribution in [2.75, 3.05) is 32.0 Å². The van der Waals surface area contributed by atoms with E-state index in [9.17, 15) is 9.59 Å². The van der Waals surface area contributed by atoms with E-state index in [0.29, 0.717) is 37.6 Å². The van der Waals surface area contributed by atoms with Gasteiger partial charge in [0.1, 0.15) is 5.51 Å². The third kappa shape index (κ3) is 6.23. The van der Waals surface area contributed by atoms with E-state index in [1.54, 1.807) is 10.4 Å². The van der Waals surface area contributed by atoms with Crippen LogP contribution in [-0.2, 0) is 17.9 Å². The van der Waals surface area contributed by atoms with Crippen molar-refractivity contribution in [3.63, 3.8) is 0 Å². The van der Waals surface area contributed by atoms with E-state index in [1.165, 1.54) is 16.9 Å². The first-order valence-electron chi connectivity index (χ1n) is 9.91. The van der Waals surface area contributed by atoms with Crippen LogP contribution in [0.1, 0.15) is 30.9 Å². The van der Waals surface area contributed by atoms with Crippen molar-refractivity contribution in [1.82, 2.24) is 25.3 Å². The van der Waals surface area contributed by atoms with Gasteiger partial charge in [-0.1, -0.05) is 42.5 Å². The van der Waals surface area contributed by atoms with Gasteiger partial charge in [-0.3, -0.25) is 4.79 Å². The lowest BCUT2D eigenvalue weighted by Gasteiger charge is -2.31. The van der Waals surface area contributed by atoms with E-state index in [2.05, 4.69) is 51.8 Å². The first-order chi connectivity index (χ1) is 14.0. The van der Waals surface area contributed by atoms with Crippen LogP contribution in [0.3, 0.4) is 0 Å². The van der Waals surface area contributed by atoms with Crippen LogP contribution in [0, 0.1) is 5.92 Å². The maximum atomic E-state index is 12.5. The average Bonchev–Trinajstić information content (AvgIpc) is 3.25. The second-order valence-corrected chi connectivity index (χ2v) is 8.14. The van der Waals surface area contributed by atoms with Crippen molar-refractivity contribution < 1.29 is 9.59 Å². The molecule has 9 heteroatoms. The molecule has 0 unspecified atom stereocenters. The Hall–Kier alpha value is -2.52. The summed E-state index contributed by atoms with van der Waals surface area (Å²) in [5.74, 6) is -0.147. The number of hydrogen-bond donors (Lipinski definition) is 2. The number of anilines is 1. The molecule has 8 nitrogen and oxygen atoms in total. The molecule has 1 aliphatic rings. The normalized spacial score (nSPS) is 14.8. The summed E-state index contributed by atoms with van der Waals surface area (Å²) in [6.45, 7) is 5.66. The van der Waals surface area contributed by atoms with Crippen LogP contribution >= 0.6 is 11.3 Å². The van der Waals surface area contributed by atoms with Crippen LogP contribution in [0.5, 0.6) is 0 Å². The Bertz CT molecular complexity index is 805. The SMILES string of the molecule is CCN(C)Cc1cccc(CNC(=O)N2CCC(C(=O)Nc3nncs3)CC2)c1. The smallest absolute Gasteiger partial charge is 0.317 e. The summed E-state index contributed by atoms with van der Waals surface area (Å²) in [5, 5.41) is 13.9. The monoisotopic (exact) mass is 416 g/mol. The van der Waals surface area contributed by atoms with Gasteiger partial charge in [-0.2, -0.15) is 0 Å². The molecule has 0 saturated carbocycles. The molecule has 29 heavy (non-hydrogen) atoms. The number of nitrogens with zero attached hydrogens (tertiary/aromatic N) is 4. The first-order valence-corrected chi connectivity index (χ1v) is 10.8. The Balaban J connectivity index is 1.43. The molecule has 2 heterocycles. The summed E-state index contributed by atoms with van der Waals surface area (Å²) in [6, 6.07) is 8.22. The van der Waals surface area contributed by atoms with Crippen LogP contribution in [-0.4, -0.2) is 58.6 Å². The number of aromatic nitrogens is 2. The van der Waals surface area contributed by atoms with Crippen molar-refractivity contribution >= 4 is 28.4 Å². The van der Waals surface area contributed by atoms with Gasteiger partial charge in [0, 0.05) is 32.1 Å². The van der Waals surface area contributed by atoms with Gasteiger partial charge >= 0.3 is 6.03 Å². The Morgan fingerprint density at radius 2 is 2.03 bits per heavy atom. The number of urea groups is 1. The molecular formula is C20H28N6O2S. The van der Waals surface area contributed by atoms with Gasteiger partial charge in [-0.05, 0) is 37.6 Å². The van der Waals surface area contributed by atoms with Gasteiger partial charge in [-0.15, -0.1) is 10.2 Å². The van der Waals surface area contributed by atoms with E-state index in [1.807, 2.05) is 12.1 Å². The maximum absolute atomic E-state index is 12.5. The molecule has 1 fully saturated rings. The molecule has 0 atom stereocenters. The van der Waals surface area contributed by atoms with Crippen molar-refractivity contribution in [2.24, 2.45) is 5.92 Å². The fourth-order valence-electron chi connectivity index (χ4n) is 3.33. The number of piperidine rings is 1. The van der Waals surface area contributed by atoms with Crippen molar-refractivity contribution in [2.45, 2.75) is 32.9 Å². The second-order valence-electron chi connectivity index (χ2n) is 7.30. The molecule has 0 bridgehead atoms. The molecule has 0 aliphatic carbocycles. The lowest BCUT2D eigenvalue weighted by atomic mass is 9.96. The van der Waals surface area contributed by atoms with E-state index < -0.39 is 0 Å². The molecule has 3 amide bonds. The molecular weight excluding hydrogens is 388 g/mol. The molecule has 1 saturated heterocycles. The third-order valence-corrected chi connectivity index (χ3v) is 5.78. The molecule has 0 radical (unpaired) electrons. The number of hydrogen-bond acceptors (Lipinski definition) is 6. The Labute approximate surface area is 175 Å². The zero-order chi connectivity index (χ0) is 20.6. The van der Waals surface area contributed by atoms with E-state index in [-0.39, 0.29) is 17.9 Å². The van der Waals surface area contributed by atoms with Crippen LogP contribution in [0.15, 0.2) is 29.8 Å². The van der Waals surface area contributed by atoms with Crippen molar-refractivity contribution in [3.8, 4) is 0 Å². The Morgan fingerprint density at radius 3 is 2.72 bits per heavy atom. The minimum atomic E-state index is -0.102. The summed E-state index contributed by atoms with van der Waals surface area (Å²) < 4.78 is 0. The highest BCUT2D eigenvalue weighted by Gasteiger charge is 2.27. The largest absolute Gasteiger partial charge is 0.334 e. The molecule has 156 valence electrons. The number of carbonyl (C=O) groups is 2. The molecule has 2 N–H and O–H groups in total. The van der Waals surface area contributed by atoms with E-state index >= 15 is 0 Å². The Kier molecular flexibility index (Phi) is 7.54. The molecule has 1 aromatic carbocycles. The van der Waals surface area contributed by atoms with Gasteiger partial charge in [0.05, 0.1) is 0 Å². The molecule has 1 aromatic heterocycles. The average molecular weight is 417 g/mol. The zero-order valence-corrected chi connectivity index (χ0v) is 17.7. The van der Waals surface area contributed by atoms with Gasteiger partial charge < -0.3 is 20.4 Å². The number of amides is 3. The predicted octanol–water partition coefficient (Wildman–Crippen LogP) is 2.55. The van der Waals surface area contributed by atoms with Gasteiger partial charge in [0.25, 0.3) is 0 Å². The Morgan fingerprint density at radius 1 is 1.28 bits per heavy atom. The fourth-order valence-corrected chi connectivity index (χ4v) is 3.78. The minimum absolute atomic E-state index is 0.0457. The number of likely N-dealkylation sites (tertiary alicyclic amines) is 1. The lowest BCUT2D eigenvalue weighted by molar-refractivity contribution is -0.121. The summed E-state index contributed by atoms with van der Waals surface area (Å²) >= 11 is 1.30. The molecule has 2 aromatic rings. The van der Waals surface area contributed by atoms with Crippen LogP contribution in [0.25, 0.3) is 0 Å². The highest BCUT2D eigenvalue weighted by atomic mass is 32.1. The first kappa shape index (κ1) is 21.2. The topological polar surface area (TPSA) is 90.5 Å². The van der Waals surface area contributed by atoms with Crippen molar-refractivity contribution in [1.29, 1.82) is 0 Å². The van der Waals surface area contributed by atoms with Crippen LogP contribution in [0.4, 0.5) is 9.93 Å². The van der Waals surface area contributed by atoms with Crippen LogP contribution in [0.2, 0.25) is 0 Å². The third-order valence-electron chi connectivity index (χ3n) is 5.17. The zero-order valence-electron chi connectivity index (χ0n) is 16.9. The maximum Gasteiger partial charge on any atom is 0.317 e. The van der Waals surface area contributed by atoms with E-state index in [4.69, 9.17) is 0 Å². The number of nitrogens with one attached hydrogen (secondary N) is 2. The summed E-state index contributed by atoms with van der Waals surface area (Å²) in [4.78, 5) is 28.8. The molecule has 3 rings (SSSR count). The fraction of sp³-hybridized carbons (Fsp3) is 0.500. The highest BCUT2D eigenvalue weighted by molar-refractivity contribution is 7.13. The minimum Gasteiger partial charge on any atom is -0.334 e. The summed E-state index contributed by atoms with van der Waals surface area (Å²) in [7, 11) is 2.09. The van der Waals surface area contributed by atoms with Gasteiger partial charge in [0.2, 0.25) is 11.0 Å². The van der Waals surface area contributed by atoms with Gasteiger partial charge in [-0.25, -0.2) is 4.79 Å². The van der Waals surface area contributed by atoms with E-state index in [0.717, 1.165) is 18.7 Å². The van der Waals surface area contributed by atoms with Gasteiger partial charge in [0.15, 0.2) is 0 Å². The molecule has 1 aliphatic heterocycles. The number of benzene rings is 1. The standard InChI is InChI=1S/C20H28N6O2S/c1-3-25(2)13-16-6-4-5-15(11-16)12-21-20(28)26-9-7-17(8-10-26)18(27)23-19-24-22-14-29-19/h4-6,11,14,17H,3,7-10,12-13H2,1-2H3,(H,21,28)(H,23,24,27). The predicted molar refractivity (Wildman–Crippen MR) is 114 cm³/mol. The number of rotatable bonds is 7. The lowest BCUT2D eigenvalue weighted by Crippen LogP contribution is -2.45. The second kappa shape index (κ2) is 10.3. The summed E-state index contributed by atoms with van der Waals surface area (Å²) in [5.41, 5.74) is 3.91. The number of carbonyl (C=O) groups excluding carboxylic acids is 2. The highest BCUT2D eigenvalue weighted by Crippen LogP contribution is 2.20. The quantitative estimate of drug-likeness (QED) is 0.724.